The van der Waals surface area contributed by atoms with E-state index in [1.165, 1.54) is 11.3 Å². The van der Waals surface area contributed by atoms with Crippen molar-refractivity contribution in [3.05, 3.63) is 58.4 Å². The predicted octanol–water partition coefficient (Wildman–Crippen LogP) is 3.58. The van der Waals surface area contributed by atoms with E-state index in [4.69, 9.17) is 0 Å². The van der Waals surface area contributed by atoms with Crippen LogP contribution in [0.5, 0.6) is 0 Å². The lowest BCUT2D eigenvalue weighted by molar-refractivity contribution is 0.0952. The van der Waals surface area contributed by atoms with Gasteiger partial charge < -0.3 is 15.2 Å². The SMILES string of the molecule is CN(C)CCCNC(=O)c1ccc2[nH]c(=O)c3sc4ccccc4c3c2c1. The van der Waals surface area contributed by atoms with Crippen LogP contribution >= 0.6 is 11.3 Å². The van der Waals surface area contributed by atoms with Crippen molar-refractivity contribution in [2.24, 2.45) is 0 Å². The molecule has 0 bridgehead atoms. The molecular weight excluding hydrogens is 358 g/mol. The Labute approximate surface area is 160 Å². The van der Waals surface area contributed by atoms with E-state index >= 15 is 0 Å². The normalized spacial score (nSPS) is 11.7. The van der Waals surface area contributed by atoms with Gasteiger partial charge in [-0.05, 0) is 51.3 Å². The van der Waals surface area contributed by atoms with Crippen LogP contribution in [0.3, 0.4) is 0 Å². The average Bonchev–Trinajstić information content (AvgIpc) is 3.05. The van der Waals surface area contributed by atoms with Crippen molar-refractivity contribution in [2.75, 3.05) is 27.2 Å². The second kappa shape index (κ2) is 7.13. The molecule has 0 fully saturated rings. The summed E-state index contributed by atoms with van der Waals surface area (Å²) in [7, 11) is 4.03. The van der Waals surface area contributed by atoms with Gasteiger partial charge in [0.15, 0.2) is 0 Å². The summed E-state index contributed by atoms with van der Waals surface area (Å²) in [5.74, 6) is -0.0884. The molecule has 4 rings (SSSR count). The minimum absolute atomic E-state index is 0.0837. The highest BCUT2D eigenvalue weighted by Gasteiger charge is 2.14. The van der Waals surface area contributed by atoms with Crippen LogP contribution < -0.4 is 10.9 Å². The van der Waals surface area contributed by atoms with E-state index in [1.54, 1.807) is 6.07 Å². The third kappa shape index (κ3) is 3.34. The molecule has 27 heavy (non-hydrogen) atoms. The fourth-order valence-corrected chi connectivity index (χ4v) is 4.46. The number of nitrogens with one attached hydrogen (secondary N) is 2. The average molecular weight is 379 g/mol. The van der Waals surface area contributed by atoms with E-state index in [-0.39, 0.29) is 11.5 Å². The van der Waals surface area contributed by atoms with Gasteiger partial charge in [0.05, 0.1) is 0 Å². The summed E-state index contributed by atoms with van der Waals surface area (Å²) in [6.07, 6.45) is 0.902. The number of fused-ring (bicyclic) bond motifs is 5. The van der Waals surface area contributed by atoms with Gasteiger partial charge in [0.25, 0.3) is 11.5 Å². The molecule has 0 atom stereocenters. The van der Waals surface area contributed by atoms with Crippen LogP contribution in [0.1, 0.15) is 16.8 Å². The van der Waals surface area contributed by atoms with Crippen LogP contribution in [0.15, 0.2) is 47.3 Å². The maximum Gasteiger partial charge on any atom is 0.266 e. The summed E-state index contributed by atoms with van der Waals surface area (Å²) in [5.41, 5.74) is 1.27. The molecule has 0 unspecified atom stereocenters. The minimum Gasteiger partial charge on any atom is -0.352 e. The van der Waals surface area contributed by atoms with Crippen molar-refractivity contribution in [2.45, 2.75) is 6.42 Å². The van der Waals surface area contributed by atoms with Gasteiger partial charge in [0, 0.05) is 38.5 Å². The Morgan fingerprint density at radius 2 is 1.96 bits per heavy atom. The Bertz CT molecular complexity index is 1210. The van der Waals surface area contributed by atoms with Gasteiger partial charge in [-0.25, -0.2) is 0 Å². The van der Waals surface area contributed by atoms with Gasteiger partial charge in [0.1, 0.15) is 4.70 Å². The van der Waals surface area contributed by atoms with E-state index in [2.05, 4.69) is 15.2 Å². The smallest absolute Gasteiger partial charge is 0.266 e. The lowest BCUT2D eigenvalue weighted by Crippen LogP contribution is -2.27. The molecule has 0 aliphatic rings. The number of thiophene rings is 1. The van der Waals surface area contributed by atoms with Gasteiger partial charge >= 0.3 is 0 Å². The Hall–Kier alpha value is -2.70. The molecule has 2 N–H and O–H groups in total. The second-order valence-electron chi connectivity index (χ2n) is 6.93. The number of benzene rings is 2. The number of aromatic amines is 1. The van der Waals surface area contributed by atoms with E-state index in [0.717, 1.165) is 39.3 Å². The molecule has 138 valence electrons. The van der Waals surface area contributed by atoms with Crippen LogP contribution in [0.4, 0.5) is 0 Å². The molecule has 5 nitrogen and oxygen atoms in total. The summed E-state index contributed by atoms with van der Waals surface area (Å²) >= 11 is 1.49. The maximum atomic E-state index is 12.5. The fraction of sp³-hybridized carbons (Fsp3) is 0.238. The first-order valence-electron chi connectivity index (χ1n) is 8.95. The second-order valence-corrected chi connectivity index (χ2v) is 7.98. The number of pyridine rings is 1. The molecule has 2 heterocycles. The summed E-state index contributed by atoms with van der Waals surface area (Å²) in [6.45, 7) is 1.57. The summed E-state index contributed by atoms with van der Waals surface area (Å²) in [4.78, 5) is 30.1. The van der Waals surface area contributed by atoms with Gasteiger partial charge in [-0.2, -0.15) is 0 Å². The van der Waals surface area contributed by atoms with Gasteiger partial charge in [-0.3, -0.25) is 9.59 Å². The number of hydrogen-bond acceptors (Lipinski definition) is 4. The Kier molecular flexibility index (Phi) is 4.68. The van der Waals surface area contributed by atoms with Crippen LogP contribution in [0, 0.1) is 0 Å². The Morgan fingerprint density at radius 1 is 1.15 bits per heavy atom. The maximum absolute atomic E-state index is 12.5. The number of hydrogen-bond donors (Lipinski definition) is 2. The highest BCUT2D eigenvalue weighted by Crippen LogP contribution is 2.35. The third-order valence-corrected chi connectivity index (χ3v) is 5.84. The zero-order valence-corrected chi connectivity index (χ0v) is 16.2. The number of rotatable bonds is 5. The lowest BCUT2D eigenvalue weighted by Gasteiger charge is -2.10. The van der Waals surface area contributed by atoms with Gasteiger partial charge in [-0.1, -0.05) is 18.2 Å². The molecule has 0 radical (unpaired) electrons. The Morgan fingerprint density at radius 3 is 2.78 bits per heavy atom. The van der Waals surface area contributed by atoms with E-state index in [1.807, 2.05) is 50.5 Å². The van der Waals surface area contributed by atoms with Crippen LogP contribution in [-0.4, -0.2) is 43.0 Å². The fourth-order valence-electron chi connectivity index (χ4n) is 3.35. The Balaban J connectivity index is 1.77. The molecular formula is C21H21N3O2S. The topological polar surface area (TPSA) is 65.2 Å². The largest absolute Gasteiger partial charge is 0.352 e. The lowest BCUT2D eigenvalue weighted by atomic mass is 10.0. The van der Waals surface area contributed by atoms with Crippen molar-refractivity contribution in [3.8, 4) is 0 Å². The number of carbonyl (C=O) groups is 1. The van der Waals surface area contributed by atoms with Gasteiger partial charge in [-0.15, -0.1) is 11.3 Å². The molecule has 0 aliphatic carbocycles. The molecule has 1 amide bonds. The highest BCUT2D eigenvalue weighted by atomic mass is 32.1. The molecule has 0 spiro atoms. The quantitative estimate of drug-likeness (QED) is 0.521. The van der Waals surface area contributed by atoms with Crippen molar-refractivity contribution >= 4 is 48.3 Å². The van der Waals surface area contributed by atoms with Crippen molar-refractivity contribution in [3.63, 3.8) is 0 Å². The standard InChI is InChI=1S/C21H21N3O2S/c1-24(2)11-5-10-22-20(25)13-8-9-16-15(12-13)18-14-6-3-4-7-17(14)27-19(18)21(26)23-16/h3-4,6-9,12H,5,10-11H2,1-2H3,(H,22,25)(H,23,26). The first-order chi connectivity index (χ1) is 13.0. The first kappa shape index (κ1) is 17.7. The number of H-pyrrole nitrogens is 1. The zero-order valence-electron chi connectivity index (χ0n) is 15.3. The summed E-state index contributed by atoms with van der Waals surface area (Å²) < 4.78 is 1.77. The zero-order chi connectivity index (χ0) is 19.0. The van der Waals surface area contributed by atoms with Crippen molar-refractivity contribution in [1.29, 1.82) is 0 Å². The predicted molar refractivity (Wildman–Crippen MR) is 113 cm³/mol. The first-order valence-corrected chi connectivity index (χ1v) is 9.76. The number of nitrogens with zero attached hydrogens (tertiary/aromatic N) is 1. The van der Waals surface area contributed by atoms with Crippen molar-refractivity contribution in [1.82, 2.24) is 15.2 Å². The summed E-state index contributed by atoms with van der Waals surface area (Å²) in [5, 5.41) is 5.86. The molecule has 0 saturated heterocycles. The number of amides is 1. The molecule has 0 aliphatic heterocycles. The van der Waals surface area contributed by atoms with Crippen molar-refractivity contribution < 1.29 is 4.79 Å². The van der Waals surface area contributed by atoms with E-state index in [9.17, 15) is 9.59 Å². The molecule has 6 heteroatoms. The van der Waals surface area contributed by atoms with E-state index < -0.39 is 0 Å². The molecule has 0 saturated carbocycles. The molecule has 4 aromatic rings. The monoisotopic (exact) mass is 379 g/mol. The van der Waals surface area contributed by atoms with Gasteiger partial charge in [0.2, 0.25) is 0 Å². The number of carbonyl (C=O) groups excluding carboxylic acids is 1. The highest BCUT2D eigenvalue weighted by molar-refractivity contribution is 7.26. The molecule has 2 aromatic carbocycles. The van der Waals surface area contributed by atoms with Crippen LogP contribution in [-0.2, 0) is 0 Å². The summed E-state index contributed by atoms with van der Waals surface area (Å²) in [6, 6.07) is 13.5. The van der Waals surface area contributed by atoms with Crippen LogP contribution in [0.2, 0.25) is 0 Å². The minimum atomic E-state index is -0.0884. The van der Waals surface area contributed by atoms with Crippen LogP contribution in [0.25, 0.3) is 31.1 Å². The number of aromatic nitrogens is 1. The van der Waals surface area contributed by atoms with E-state index in [0.29, 0.717) is 16.8 Å². The molecule has 2 aromatic heterocycles. The third-order valence-electron chi connectivity index (χ3n) is 4.67.